The number of aromatic carboxylic acids is 1. The number of nitrogens with one attached hydrogen (secondary N) is 1. The normalized spacial score (nSPS) is 10.8. The van der Waals surface area contributed by atoms with Gasteiger partial charge in [-0.25, -0.2) is 13.9 Å². The number of benzene rings is 2. The molecule has 0 aliphatic carbocycles. The number of halogens is 1. The maximum absolute atomic E-state index is 13.4. The first-order chi connectivity index (χ1) is 14.9. The van der Waals surface area contributed by atoms with Gasteiger partial charge in [0.2, 0.25) is 0 Å². The number of aryl methyl sites for hydroxylation is 1. The number of carbonyl (C=O) groups excluding carboxylic acids is 1. The van der Waals surface area contributed by atoms with Crippen LogP contribution in [0.1, 0.15) is 32.1 Å². The summed E-state index contributed by atoms with van der Waals surface area (Å²) in [5, 5.41) is 18.7. The molecule has 156 valence electrons. The van der Waals surface area contributed by atoms with Crippen molar-refractivity contribution in [2.45, 2.75) is 13.8 Å². The van der Waals surface area contributed by atoms with Crippen LogP contribution in [0, 0.1) is 19.7 Å². The first kappa shape index (κ1) is 20.5. The fourth-order valence-electron chi connectivity index (χ4n) is 3.46. The summed E-state index contributed by atoms with van der Waals surface area (Å²) >= 11 is 1.21. The highest BCUT2D eigenvalue weighted by molar-refractivity contribution is 7.14. The Hall–Kier alpha value is -3.78. The number of carboxylic acids is 1. The zero-order valence-electron chi connectivity index (χ0n) is 16.7. The first-order valence-electron chi connectivity index (χ1n) is 9.40. The SMILES string of the molecule is Cc1nn(-c2ccccc2)c(C)c1-c1scc(NC(=O)c2cccc(F)c2)c1C(=O)O. The van der Waals surface area contributed by atoms with E-state index in [1.54, 1.807) is 10.1 Å². The molecule has 0 fully saturated rings. The predicted molar refractivity (Wildman–Crippen MR) is 118 cm³/mol. The van der Waals surface area contributed by atoms with Gasteiger partial charge in [0.1, 0.15) is 11.4 Å². The lowest BCUT2D eigenvalue weighted by Crippen LogP contribution is -2.14. The van der Waals surface area contributed by atoms with Crippen molar-refractivity contribution in [2.75, 3.05) is 5.32 Å². The molecule has 0 unspecified atom stereocenters. The summed E-state index contributed by atoms with van der Waals surface area (Å²) < 4.78 is 15.2. The van der Waals surface area contributed by atoms with Crippen molar-refractivity contribution in [3.8, 4) is 16.1 Å². The number of carboxylic acid groups (broad SMARTS) is 1. The Morgan fingerprint density at radius 3 is 2.52 bits per heavy atom. The summed E-state index contributed by atoms with van der Waals surface area (Å²) in [4.78, 5) is 25.1. The van der Waals surface area contributed by atoms with Gasteiger partial charge in [-0.3, -0.25) is 4.79 Å². The molecule has 0 aliphatic rings. The maximum atomic E-state index is 13.4. The summed E-state index contributed by atoms with van der Waals surface area (Å²) in [6, 6.07) is 14.8. The fourth-order valence-corrected chi connectivity index (χ4v) is 4.60. The van der Waals surface area contributed by atoms with E-state index in [1.807, 2.05) is 44.2 Å². The summed E-state index contributed by atoms with van der Waals surface area (Å²) in [6.45, 7) is 3.69. The lowest BCUT2D eigenvalue weighted by Gasteiger charge is -2.07. The van der Waals surface area contributed by atoms with Gasteiger partial charge in [-0.15, -0.1) is 11.3 Å². The molecule has 2 aromatic carbocycles. The largest absolute Gasteiger partial charge is 0.478 e. The highest BCUT2D eigenvalue weighted by atomic mass is 32.1. The summed E-state index contributed by atoms with van der Waals surface area (Å²) in [5.41, 5.74) is 3.28. The quantitative estimate of drug-likeness (QED) is 0.445. The molecule has 4 rings (SSSR count). The van der Waals surface area contributed by atoms with Gasteiger partial charge in [-0.2, -0.15) is 5.10 Å². The maximum Gasteiger partial charge on any atom is 0.339 e. The number of thiophene rings is 1. The topological polar surface area (TPSA) is 84.2 Å². The Bertz CT molecular complexity index is 1290. The molecule has 8 heteroatoms. The fraction of sp³-hybridized carbons (Fsp3) is 0.0870. The molecular formula is C23H18FN3O3S. The van der Waals surface area contributed by atoms with Gasteiger partial charge in [-0.1, -0.05) is 24.3 Å². The van der Waals surface area contributed by atoms with E-state index in [0.717, 1.165) is 17.4 Å². The number of amides is 1. The van der Waals surface area contributed by atoms with E-state index >= 15 is 0 Å². The second-order valence-electron chi connectivity index (χ2n) is 6.92. The number of nitrogens with zero attached hydrogens (tertiary/aromatic N) is 2. The second-order valence-corrected chi connectivity index (χ2v) is 7.80. The van der Waals surface area contributed by atoms with Gasteiger partial charge < -0.3 is 10.4 Å². The molecule has 0 bridgehead atoms. The van der Waals surface area contributed by atoms with Gasteiger partial charge in [0.15, 0.2) is 0 Å². The zero-order chi connectivity index (χ0) is 22.1. The third-order valence-electron chi connectivity index (χ3n) is 4.86. The van der Waals surface area contributed by atoms with Crippen LogP contribution in [-0.2, 0) is 0 Å². The minimum absolute atomic E-state index is 0.0198. The van der Waals surface area contributed by atoms with E-state index in [9.17, 15) is 19.1 Å². The van der Waals surface area contributed by atoms with Crippen molar-refractivity contribution in [2.24, 2.45) is 0 Å². The van der Waals surface area contributed by atoms with E-state index in [-0.39, 0.29) is 16.8 Å². The third kappa shape index (κ3) is 3.85. The van der Waals surface area contributed by atoms with Crippen molar-refractivity contribution < 1.29 is 19.1 Å². The van der Waals surface area contributed by atoms with Crippen molar-refractivity contribution in [3.63, 3.8) is 0 Å². The van der Waals surface area contributed by atoms with Crippen LogP contribution in [0.5, 0.6) is 0 Å². The second kappa shape index (κ2) is 8.16. The Morgan fingerprint density at radius 1 is 1.10 bits per heavy atom. The highest BCUT2D eigenvalue weighted by Gasteiger charge is 2.26. The predicted octanol–water partition coefficient (Wildman–Crippen LogP) is 5.31. The number of rotatable bonds is 5. The van der Waals surface area contributed by atoms with E-state index in [2.05, 4.69) is 10.4 Å². The van der Waals surface area contributed by atoms with Gasteiger partial charge in [0.05, 0.1) is 27.6 Å². The summed E-state index contributed by atoms with van der Waals surface area (Å²) in [7, 11) is 0. The summed E-state index contributed by atoms with van der Waals surface area (Å²) in [5.74, 6) is -2.30. The van der Waals surface area contributed by atoms with Crippen molar-refractivity contribution in [1.29, 1.82) is 0 Å². The lowest BCUT2D eigenvalue weighted by molar-refractivity contribution is 0.0699. The lowest BCUT2D eigenvalue weighted by atomic mass is 10.1. The molecule has 0 atom stereocenters. The minimum atomic E-state index is -1.17. The molecule has 0 saturated heterocycles. The van der Waals surface area contributed by atoms with E-state index in [4.69, 9.17) is 0 Å². The number of anilines is 1. The number of hydrogen-bond donors (Lipinski definition) is 2. The highest BCUT2D eigenvalue weighted by Crippen LogP contribution is 2.40. The number of para-hydroxylation sites is 1. The molecule has 0 spiro atoms. The van der Waals surface area contributed by atoms with E-state index in [0.29, 0.717) is 16.1 Å². The zero-order valence-corrected chi connectivity index (χ0v) is 17.5. The van der Waals surface area contributed by atoms with Crippen LogP contribution < -0.4 is 5.32 Å². The number of aromatic nitrogens is 2. The Labute approximate surface area is 181 Å². The van der Waals surface area contributed by atoms with Gasteiger partial charge in [-0.05, 0) is 44.2 Å². The molecule has 2 aromatic heterocycles. The van der Waals surface area contributed by atoms with E-state index < -0.39 is 17.7 Å². The average molecular weight is 435 g/mol. The van der Waals surface area contributed by atoms with Crippen LogP contribution in [0.15, 0.2) is 60.0 Å². The molecular weight excluding hydrogens is 417 g/mol. The summed E-state index contributed by atoms with van der Waals surface area (Å²) in [6.07, 6.45) is 0. The first-order valence-corrected chi connectivity index (χ1v) is 10.3. The van der Waals surface area contributed by atoms with Crippen molar-refractivity contribution >= 4 is 28.9 Å². The van der Waals surface area contributed by atoms with Gasteiger partial charge >= 0.3 is 5.97 Å². The Balaban J connectivity index is 1.76. The monoisotopic (exact) mass is 435 g/mol. The standard InChI is InChI=1S/C23H18FN3O3S/c1-13-19(14(2)27(26-13)17-9-4-3-5-10-17)21-20(23(29)30)18(12-31-21)25-22(28)15-7-6-8-16(24)11-15/h3-12H,1-2H3,(H,25,28)(H,29,30). The number of hydrogen-bond acceptors (Lipinski definition) is 4. The number of carbonyl (C=O) groups is 2. The van der Waals surface area contributed by atoms with Crippen molar-refractivity contribution in [3.05, 3.63) is 88.3 Å². The smallest absolute Gasteiger partial charge is 0.339 e. The minimum Gasteiger partial charge on any atom is -0.478 e. The van der Waals surface area contributed by atoms with Crippen LogP contribution in [0.25, 0.3) is 16.1 Å². The molecule has 4 aromatic rings. The molecule has 0 radical (unpaired) electrons. The molecule has 1 amide bonds. The van der Waals surface area contributed by atoms with E-state index in [1.165, 1.54) is 29.5 Å². The van der Waals surface area contributed by atoms with Gasteiger partial charge in [0, 0.05) is 16.5 Å². The van der Waals surface area contributed by atoms with Crippen LogP contribution in [0.4, 0.5) is 10.1 Å². The Kier molecular flexibility index (Phi) is 5.39. The molecule has 0 aliphatic heterocycles. The molecule has 0 saturated carbocycles. The van der Waals surface area contributed by atoms with Crippen molar-refractivity contribution in [1.82, 2.24) is 9.78 Å². The third-order valence-corrected chi connectivity index (χ3v) is 5.86. The molecule has 31 heavy (non-hydrogen) atoms. The molecule has 2 heterocycles. The van der Waals surface area contributed by atoms with Crippen LogP contribution in [-0.4, -0.2) is 26.8 Å². The molecule has 2 N–H and O–H groups in total. The van der Waals surface area contributed by atoms with Crippen LogP contribution in [0.3, 0.4) is 0 Å². The Morgan fingerprint density at radius 2 is 1.84 bits per heavy atom. The van der Waals surface area contributed by atoms with Gasteiger partial charge in [0.25, 0.3) is 5.91 Å². The average Bonchev–Trinajstić information content (AvgIpc) is 3.28. The van der Waals surface area contributed by atoms with Crippen LogP contribution >= 0.6 is 11.3 Å². The van der Waals surface area contributed by atoms with Crippen LogP contribution in [0.2, 0.25) is 0 Å². The molecule has 6 nitrogen and oxygen atoms in total.